The highest BCUT2D eigenvalue weighted by Crippen LogP contribution is 2.31. The first-order valence-corrected chi connectivity index (χ1v) is 5.89. The number of aromatic nitrogens is 1. The van der Waals surface area contributed by atoms with Gasteiger partial charge in [-0.1, -0.05) is 29.8 Å². The minimum atomic E-state index is -0.831. The van der Waals surface area contributed by atoms with Gasteiger partial charge in [-0.15, -0.1) is 0 Å². The molecule has 0 aliphatic carbocycles. The first-order chi connectivity index (χ1) is 8.75. The highest BCUT2D eigenvalue weighted by atomic mass is 35.5. The van der Waals surface area contributed by atoms with E-state index < -0.39 is 6.10 Å². The van der Waals surface area contributed by atoms with Gasteiger partial charge in [0.25, 0.3) is 0 Å². The Balaban J connectivity index is 2.07. The van der Waals surface area contributed by atoms with Crippen LogP contribution in [0.3, 0.4) is 0 Å². The fourth-order valence-electron chi connectivity index (χ4n) is 1.88. The lowest BCUT2D eigenvalue weighted by Crippen LogP contribution is -1.97. The summed E-state index contributed by atoms with van der Waals surface area (Å²) in [4.78, 5) is 3.98. The van der Waals surface area contributed by atoms with Crippen molar-refractivity contribution in [1.29, 1.82) is 0 Å². The van der Waals surface area contributed by atoms with Crippen molar-refractivity contribution in [2.45, 2.75) is 6.10 Å². The number of hydrogen-bond acceptors (Lipinski definition) is 3. The lowest BCUT2D eigenvalue weighted by atomic mass is 10.1. The number of halogens is 1. The van der Waals surface area contributed by atoms with E-state index in [1.807, 2.05) is 12.1 Å². The molecule has 4 heteroatoms. The number of pyridine rings is 1. The van der Waals surface area contributed by atoms with Crippen molar-refractivity contribution in [2.24, 2.45) is 0 Å². The molecule has 0 amide bonds. The van der Waals surface area contributed by atoms with Gasteiger partial charge in [0.2, 0.25) is 0 Å². The fraction of sp³-hybridized carbons (Fsp3) is 0.0714. The Labute approximate surface area is 109 Å². The van der Waals surface area contributed by atoms with E-state index in [2.05, 4.69) is 4.98 Å². The second kappa shape index (κ2) is 4.44. The molecule has 0 aliphatic rings. The Hall–Kier alpha value is -1.84. The molecule has 1 atom stereocenters. The minimum absolute atomic E-state index is 0.464. The van der Waals surface area contributed by atoms with Crippen molar-refractivity contribution in [3.05, 3.63) is 65.1 Å². The first-order valence-electron chi connectivity index (χ1n) is 5.51. The van der Waals surface area contributed by atoms with E-state index in [4.69, 9.17) is 16.0 Å². The van der Waals surface area contributed by atoms with Crippen molar-refractivity contribution in [3.8, 4) is 0 Å². The molecule has 0 bridgehead atoms. The van der Waals surface area contributed by atoms with Gasteiger partial charge in [-0.2, -0.15) is 0 Å². The largest absolute Gasteiger partial charge is 0.456 e. The second-order valence-corrected chi connectivity index (χ2v) is 4.40. The number of benzene rings is 1. The van der Waals surface area contributed by atoms with Crippen molar-refractivity contribution < 1.29 is 9.52 Å². The van der Waals surface area contributed by atoms with Gasteiger partial charge in [-0.25, -0.2) is 0 Å². The molecule has 3 aromatic rings. The van der Waals surface area contributed by atoms with Gasteiger partial charge in [0, 0.05) is 23.3 Å². The maximum Gasteiger partial charge on any atom is 0.153 e. The third kappa shape index (κ3) is 1.88. The number of nitrogens with zero attached hydrogens (tertiary/aromatic N) is 1. The zero-order valence-corrected chi connectivity index (χ0v) is 10.1. The summed E-state index contributed by atoms with van der Waals surface area (Å²) in [5.41, 5.74) is 1.28. The van der Waals surface area contributed by atoms with Crippen LogP contribution in [0.25, 0.3) is 11.0 Å². The van der Waals surface area contributed by atoms with Crippen LogP contribution in [0, 0.1) is 0 Å². The maximum atomic E-state index is 10.2. The van der Waals surface area contributed by atoms with Crippen LogP contribution in [0.5, 0.6) is 0 Å². The number of fused-ring (bicyclic) bond motifs is 1. The van der Waals surface area contributed by atoms with Crippen molar-refractivity contribution >= 4 is 22.6 Å². The molecule has 3 nitrogen and oxygen atoms in total. The van der Waals surface area contributed by atoms with Crippen molar-refractivity contribution in [2.75, 3.05) is 0 Å². The third-order valence-electron chi connectivity index (χ3n) is 2.78. The Morgan fingerprint density at radius 1 is 1.22 bits per heavy atom. The zero-order chi connectivity index (χ0) is 12.5. The van der Waals surface area contributed by atoms with Gasteiger partial charge in [-0.05, 0) is 18.2 Å². The molecule has 1 aromatic carbocycles. The number of rotatable bonds is 2. The van der Waals surface area contributed by atoms with Crippen LogP contribution in [-0.4, -0.2) is 10.1 Å². The van der Waals surface area contributed by atoms with Gasteiger partial charge < -0.3 is 9.52 Å². The van der Waals surface area contributed by atoms with Crippen LogP contribution in [0.15, 0.2) is 53.2 Å². The topological polar surface area (TPSA) is 46.3 Å². The monoisotopic (exact) mass is 259 g/mol. The third-order valence-corrected chi connectivity index (χ3v) is 3.08. The highest BCUT2D eigenvalue weighted by Gasteiger charge is 2.16. The molecule has 1 N–H and O–H groups in total. The molecule has 0 fully saturated rings. The summed E-state index contributed by atoms with van der Waals surface area (Å²) >= 11 is 6.03. The zero-order valence-electron chi connectivity index (χ0n) is 9.38. The van der Waals surface area contributed by atoms with Crippen LogP contribution in [0.1, 0.15) is 17.4 Å². The standard InChI is InChI=1S/C14H10ClNO2/c15-11-5-1-3-9-7-12(18-14(9)11)13(17)10-4-2-6-16-8-10/h1-8,13,17H. The fourth-order valence-corrected chi connectivity index (χ4v) is 2.10. The summed E-state index contributed by atoms with van der Waals surface area (Å²) in [6.07, 6.45) is 2.44. The molecule has 0 spiro atoms. The van der Waals surface area contributed by atoms with E-state index >= 15 is 0 Å². The summed E-state index contributed by atoms with van der Waals surface area (Å²) < 4.78 is 5.61. The number of para-hydroxylation sites is 1. The quantitative estimate of drug-likeness (QED) is 0.765. The smallest absolute Gasteiger partial charge is 0.153 e. The summed E-state index contributed by atoms with van der Waals surface area (Å²) in [6, 6.07) is 10.9. The summed E-state index contributed by atoms with van der Waals surface area (Å²) in [6.45, 7) is 0. The highest BCUT2D eigenvalue weighted by molar-refractivity contribution is 6.34. The number of aliphatic hydroxyl groups excluding tert-OH is 1. The molecule has 0 saturated carbocycles. The average Bonchev–Trinajstić information content (AvgIpc) is 2.84. The molecule has 2 heterocycles. The van der Waals surface area contributed by atoms with E-state index in [0.717, 1.165) is 5.39 Å². The lowest BCUT2D eigenvalue weighted by molar-refractivity contribution is 0.192. The molecule has 0 saturated heterocycles. The van der Waals surface area contributed by atoms with E-state index in [1.165, 1.54) is 0 Å². The van der Waals surface area contributed by atoms with E-state index in [1.54, 1.807) is 36.7 Å². The average molecular weight is 260 g/mol. The molecule has 2 aromatic heterocycles. The molecule has 0 radical (unpaired) electrons. The Morgan fingerprint density at radius 3 is 2.83 bits per heavy atom. The Morgan fingerprint density at radius 2 is 2.11 bits per heavy atom. The Bertz CT molecular complexity index is 679. The van der Waals surface area contributed by atoms with Gasteiger partial charge in [0.1, 0.15) is 11.9 Å². The SMILES string of the molecule is OC(c1cccnc1)c1cc2cccc(Cl)c2o1. The van der Waals surface area contributed by atoms with Crippen LogP contribution >= 0.6 is 11.6 Å². The van der Waals surface area contributed by atoms with E-state index in [0.29, 0.717) is 21.9 Å². The molecular formula is C14H10ClNO2. The van der Waals surface area contributed by atoms with Crippen LogP contribution in [-0.2, 0) is 0 Å². The van der Waals surface area contributed by atoms with Gasteiger partial charge in [0.05, 0.1) is 5.02 Å². The summed E-state index contributed by atoms with van der Waals surface area (Å²) in [5, 5.41) is 11.6. The van der Waals surface area contributed by atoms with Crippen molar-refractivity contribution in [1.82, 2.24) is 4.98 Å². The second-order valence-electron chi connectivity index (χ2n) is 4.00. The predicted molar refractivity (Wildman–Crippen MR) is 69.5 cm³/mol. The van der Waals surface area contributed by atoms with Gasteiger partial charge >= 0.3 is 0 Å². The molecule has 1 unspecified atom stereocenters. The number of aliphatic hydroxyl groups is 1. The van der Waals surface area contributed by atoms with Gasteiger partial charge in [-0.3, -0.25) is 4.98 Å². The minimum Gasteiger partial charge on any atom is -0.456 e. The maximum absolute atomic E-state index is 10.2. The van der Waals surface area contributed by atoms with Crippen molar-refractivity contribution in [3.63, 3.8) is 0 Å². The summed E-state index contributed by atoms with van der Waals surface area (Å²) in [7, 11) is 0. The Kier molecular flexibility index (Phi) is 2.78. The van der Waals surface area contributed by atoms with E-state index in [9.17, 15) is 5.11 Å². The van der Waals surface area contributed by atoms with Gasteiger partial charge in [0.15, 0.2) is 5.58 Å². The van der Waals surface area contributed by atoms with Crippen LogP contribution in [0.4, 0.5) is 0 Å². The normalized spacial score (nSPS) is 12.8. The molecule has 0 aliphatic heterocycles. The number of furan rings is 1. The molecule has 18 heavy (non-hydrogen) atoms. The van der Waals surface area contributed by atoms with E-state index in [-0.39, 0.29) is 0 Å². The first kappa shape index (κ1) is 11.3. The predicted octanol–water partition coefficient (Wildman–Crippen LogP) is 3.56. The summed E-state index contributed by atoms with van der Waals surface area (Å²) in [5.74, 6) is 0.464. The molecule has 90 valence electrons. The lowest BCUT2D eigenvalue weighted by Gasteiger charge is -2.06. The molecular weight excluding hydrogens is 250 g/mol. The molecule has 3 rings (SSSR count). The van der Waals surface area contributed by atoms with Crippen LogP contribution in [0.2, 0.25) is 5.02 Å². The number of hydrogen-bond donors (Lipinski definition) is 1. The van der Waals surface area contributed by atoms with Crippen LogP contribution < -0.4 is 0 Å².